The van der Waals surface area contributed by atoms with Gasteiger partial charge in [0.2, 0.25) is 5.91 Å². The maximum Gasteiger partial charge on any atom is 0.272 e. The molecule has 1 saturated heterocycles. The molecule has 1 aromatic heterocycles. The van der Waals surface area contributed by atoms with Gasteiger partial charge in [0.05, 0.1) is 0 Å². The van der Waals surface area contributed by atoms with Crippen LogP contribution in [0.1, 0.15) is 29.3 Å². The van der Waals surface area contributed by atoms with Gasteiger partial charge in [0, 0.05) is 24.3 Å². The lowest BCUT2D eigenvalue weighted by molar-refractivity contribution is -0.154. The predicted octanol–water partition coefficient (Wildman–Crippen LogP) is 1.60. The van der Waals surface area contributed by atoms with E-state index in [4.69, 9.17) is 22.1 Å². The lowest BCUT2D eigenvalue weighted by atomic mass is 9.98. The van der Waals surface area contributed by atoms with Crippen molar-refractivity contribution in [3.63, 3.8) is 0 Å². The van der Waals surface area contributed by atoms with E-state index in [1.165, 1.54) is 36.4 Å². The van der Waals surface area contributed by atoms with Gasteiger partial charge < -0.3 is 30.6 Å². The number of halogens is 3. The SMILES string of the molecule is CO/N=C(\N)c1ccc(CNC(=O)[C@@H]2CCN2C(=O)[C@H](O)c2cc(Cl)cc(OCC(F)F)c2)cn1. The lowest BCUT2D eigenvalue weighted by Crippen LogP contribution is -2.59. The molecule has 2 heterocycles. The highest BCUT2D eigenvalue weighted by molar-refractivity contribution is 6.30. The number of amidine groups is 1. The van der Waals surface area contributed by atoms with Crippen LogP contribution in [0.15, 0.2) is 41.7 Å². The summed E-state index contributed by atoms with van der Waals surface area (Å²) in [7, 11) is 1.36. The van der Waals surface area contributed by atoms with Crippen LogP contribution in [0.3, 0.4) is 0 Å². The third-order valence-electron chi connectivity index (χ3n) is 5.17. The third kappa shape index (κ3) is 6.76. The van der Waals surface area contributed by atoms with Gasteiger partial charge in [-0.05, 0) is 41.8 Å². The van der Waals surface area contributed by atoms with E-state index in [1.54, 1.807) is 12.1 Å². The number of nitrogens with two attached hydrogens (primary N) is 1. The number of aliphatic hydroxyl groups is 1. The molecule has 0 bridgehead atoms. The number of aromatic nitrogens is 1. The summed E-state index contributed by atoms with van der Waals surface area (Å²) >= 11 is 5.97. The Bertz CT molecular complexity index is 1090. The molecule has 0 aliphatic carbocycles. The smallest absolute Gasteiger partial charge is 0.272 e. The molecule has 0 radical (unpaired) electrons. The van der Waals surface area contributed by atoms with Crippen molar-refractivity contribution in [2.45, 2.75) is 31.5 Å². The number of likely N-dealkylation sites (tertiary alicyclic amines) is 1. The Kier molecular flexibility index (Phi) is 8.77. The summed E-state index contributed by atoms with van der Waals surface area (Å²) in [5.41, 5.74) is 6.86. The highest BCUT2D eigenvalue weighted by Gasteiger charge is 2.40. The second kappa shape index (κ2) is 11.8. The molecule has 0 unspecified atom stereocenters. The fourth-order valence-electron chi connectivity index (χ4n) is 3.34. The van der Waals surface area contributed by atoms with Gasteiger partial charge in [0.1, 0.15) is 31.2 Å². The Morgan fingerprint density at radius 3 is 2.74 bits per heavy atom. The van der Waals surface area contributed by atoms with Gasteiger partial charge in [-0.2, -0.15) is 0 Å². The normalized spacial score (nSPS) is 16.5. The summed E-state index contributed by atoms with van der Waals surface area (Å²) in [6.07, 6.45) is -2.40. The van der Waals surface area contributed by atoms with Crippen LogP contribution < -0.4 is 15.8 Å². The summed E-state index contributed by atoms with van der Waals surface area (Å²) in [5, 5.41) is 17.0. The Hall–Kier alpha value is -3.51. The fraction of sp³-hybridized carbons (Fsp3) is 0.364. The third-order valence-corrected chi connectivity index (χ3v) is 5.39. The zero-order valence-electron chi connectivity index (χ0n) is 18.7. The van der Waals surface area contributed by atoms with Crippen LogP contribution in [0, 0.1) is 0 Å². The average molecular weight is 512 g/mol. The van der Waals surface area contributed by atoms with Crippen LogP contribution in [0.2, 0.25) is 5.02 Å². The van der Waals surface area contributed by atoms with Crippen LogP contribution in [0.5, 0.6) is 5.75 Å². The fourth-order valence-corrected chi connectivity index (χ4v) is 3.57. The number of oxime groups is 1. The molecule has 10 nitrogen and oxygen atoms in total. The largest absolute Gasteiger partial charge is 0.488 e. The number of benzene rings is 1. The minimum Gasteiger partial charge on any atom is -0.488 e. The number of carbonyl (C=O) groups excluding carboxylic acids is 2. The molecule has 2 amide bonds. The average Bonchev–Trinajstić information content (AvgIpc) is 2.80. The second-order valence-electron chi connectivity index (χ2n) is 7.59. The molecule has 1 fully saturated rings. The lowest BCUT2D eigenvalue weighted by Gasteiger charge is -2.40. The summed E-state index contributed by atoms with van der Waals surface area (Å²) in [5.74, 6) is -1.00. The number of alkyl halides is 2. The zero-order valence-corrected chi connectivity index (χ0v) is 19.4. The topological polar surface area (TPSA) is 139 Å². The first kappa shape index (κ1) is 26.1. The van der Waals surface area contributed by atoms with Crippen molar-refractivity contribution in [2.24, 2.45) is 10.9 Å². The molecule has 1 aliphatic heterocycles. The molecule has 35 heavy (non-hydrogen) atoms. The summed E-state index contributed by atoms with van der Waals surface area (Å²) < 4.78 is 29.7. The molecule has 4 N–H and O–H groups in total. The minimum atomic E-state index is -2.69. The maximum absolute atomic E-state index is 12.8. The van der Waals surface area contributed by atoms with Crippen LogP contribution in [-0.4, -0.2) is 65.4 Å². The number of aliphatic hydroxyl groups excluding tert-OH is 1. The Morgan fingerprint density at radius 1 is 1.37 bits per heavy atom. The van der Waals surface area contributed by atoms with Gasteiger partial charge in [0.25, 0.3) is 12.3 Å². The number of hydrogen-bond acceptors (Lipinski definition) is 7. The number of rotatable bonds is 10. The molecule has 2 atom stereocenters. The Balaban J connectivity index is 1.58. The molecule has 13 heteroatoms. The van der Waals surface area contributed by atoms with Crippen molar-refractivity contribution in [3.05, 3.63) is 58.4 Å². The Labute approximate surface area is 204 Å². The summed E-state index contributed by atoms with van der Waals surface area (Å²) in [6.45, 7) is -0.421. The maximum atomic E-state index is 12.8. The number of nitrogens with zero attached hydrogens (tertiary/aromatic N) is 3. The monoisotopic (exact) mass is 511 g/mol. The molecule has 2 aromatic rings. The van der Waals surface area contributed by atoms with E-state index in [-0.39, 0.29) is 35.3 Å². The van der Waals surface area contributed by atoms with Crippen molar-refractivity contribution in [2.75, 3.05) is 20.3 Å². The molecule has 188 valence electrons. The van der Waals surface area contributed by atoms with E-state index < -0.39 is 37.0 Å². The number of ether oxygens (including phenoxy) is 1. The van der Waals surface area contributed by atoms with E-state index in [9.17, 15) is 23.5 Å². The number of hydrogen-bond donors (Lipinski definition) is 3. The minimum absolute atomic E-state index is 0.00701. The number of amides is 2. The van der Waals surface area contributed by atoms with Crippen LogP contribution in [-0.2, 0) is 21.0 Å². The van der Waals surface area contributed by atoms with E-state index >= 15 is 0 Å². The van der Waals surface area contributed by atoms with Crippen molar-refractivity contribution in [1.29, 1.82) is 0 Å². The standard InChI is InChI=1S/C22H24ClF2N5O5/c1-34-29-20(26)16-3-2-12(9-27-16)10-28-21(32)17-4-5-30(17)22(33)19(31)13-6-14(23)8-15(7-13)35-11-18(24)25/h2-3,6-9,17-19,31H,4-5,10-11H2,1H3,(H2,26,29)(H,28,32)/t17-,19+/m0/s1. The van der Waals surface area contributed by atoms with E-state index in [0.717, 1.165) is 0 Å². The molecular weight excluding hydrogens is 488 g/mol. The molecule has 3 rings (SSSR count). The quantitative estimate of drug-likeness (QED) is 0.250. The second-order valence-corrected chi connectivity index (χ2v) is 8.03. The molecule has 1 aliphatic rings. The summed E-state index contributed by atoms with van der Waals surface area (Å²) in [4.78, 5) is 35.4. The predicted molar refractivity (Wildman–Crippen MR) is 122 cm³/mol. The van der Waals surface area contributed by atoms with Crippen molar-refractivity contribution in [3.8, 4) is 5.75 Å². The van der Waals surface area contributed by atoms with Crippen LogP contribution in [0.25, 0.3) is 0 Å². The molecule has 0 spiro atoms. The first-order valence-electron chi connectivity index (χ1n) is 10.5. The van der Waals surface area contributed by atoms with Crippen molar-refractivity contribution < 1.29 is 33.1 Å². The number of pyridine rings is 1. The van der Waals surface area contributed by atoms with Crippen molar-refractivity contribution in [1.82, 2.24) is 15.2 Å². The van der Waals surface area contributed by atoms with Crippen LogP contribution >= 0.6 is 11.6 Å². The Morgan fingerprint density at radius 2 is 2.14 bits per heavy atom. The van der Waals surface area contributed by atoms with Gasteiger partial charge in [-0.25, -0.2) is 8.78 Å². The molecule has 1 aromatic carbocycles. The van der Waals surface area contributed by atoms with Crippen molar-refractivity contribution >= 4 is 29.3 Å². The molecular formula is C22H24ClF2N5O5. The number of carbonyl (C=O) groups is 2. The number of nitrogens with one attached hydrogen (secondary N) is 1. The van der Waals surface area contributed by atoms with Gasteiger partial charge in [-0.1, -0.05) is 22.8 Å². The van der Waals surface area contributed by atoms with Crippen LogP contribution in [0.4, 0.5) is 8.78 Å². The highest BCUT2D eigenvalue weighted by atomic mass is 35.5. The first-order chi connectivity index (χ1) is 16.7. The van der Waals surface area contributed by atoms with E-state index in [2.05, 4.69) is 20.3 Å². The summed E-state index contributed by atoms with van der Waals surface area (Å²) in [6, 6.07) is 6.45. The van der Waals surface area contributed by atoms with Gasteiger partial charge in [-0.15, -0.1) is 0 Å². The van der Waals surface area contributed by atoms with Gasteiger partial charge in [-0.3, -0.25) is 14.6 Å². The van der Waals surface area contributed by atoms with E-state index in [1.807, 2.05) is 0 Å². The van der Waals surface area contributed by atoms with Gasteiger partial charge >= 0.3 is 0 Å². The highest BCUT2D eigenvalue weighted by Crippen LogP contribution is 2.29. The first-order valence-corrected chi connectivity index (χ1v) is 10.9. The van der Waals surface area contributed by atoms with E-state index in [0.29, 0.717) is 17.7 Å². The van der Waals surface area contributed by atoms with Gasteiger partial charge in [0.15, 0.2) is 11.9 Å². The zero-order chi connectivity index (χ0) is 25.5. The molecule has 0 saturated carbocycles.